The third-order valence-corrected chi connectivity index (χ3v) is 5.45. The van der Waals surface area contributed by atoms with Gasteiger partial charge in [-0.1, -0.05) is 24.3 Å². The maximum atomic E-state index is 13.8. The summed E-state index contributed by atoms with van der Waals surface area (Å²) in [6, 6.07) is 13.1. The molecule has 0 saturated carbocycles. The second-order valence-electron chi connectivity index (χ2n) is 7.57. The van der Waals surface area contributed by atoms with Crippen LogP contribution in [0, 0.1) is 11.6 Å². The Balaban J connectivity index is 0.00000341. The minimum absolute atomic E-state index is 0. The third-order valence-electron chi connectivity index (χ3n) is 5.45. The Morgan fingerprint density at radius 2 is 1.77 bits per heavy atom. The SMILES string of the molecule is CN=C(NCC(C)Oc1ccccc1F)NCC1(c2ccc(F)cc2)CCOCC1.I. The minimum atomic E-state index is -0.382. The van der Waals surface area contributed by atoms with Crippen LogP contribution in [-0.4, -0.2) is 45.4 Å². The standard InChI is InChI=1S/C23H29F2N3O2.HI/c1-17(30-21-6-4-3-5-20(21)25)15-27-22(26-2)28-16-23(11-13-29-14-12-23)18-7-9-19(24)10-8-18;/h3-10,17H,11-16H2,1-2H3,(H2,26,27,28);1H. The zero-order chi connectivity index (χ0) is 21.4. The van der Waals surface area contributed by atoms with Gasteiger partial charge >= 0.3 is 0 Å². The molecule has 31 heavy (non-hydrogen) atoms. The molecule has 1 heterocycles. The first-order chi connectivity index (χ1) is 14.5. The van der Waals surface area contributed by atoms with Gasteiger partial charge in [-0.2, -0.15) is 0 Å². The summed E-state index contributed by atoms with van der Waals surface area (Å²) in [5.41, 5.74) is 0.935. The van der Waals surface area contributed by atoms with Crippen LogP contribution in [0.3, 0.4) is 0 Å². The molecule has 0 aliphatic carbocycles. The van der Waals surface area contributed by atoms with E-state index in [1.165, 1.54) is 18.2 Å². The van der Waals surface area contributed by atoms with E-state index in [4.69, 9.17) is 9.47 Å². The lowest BCUT2D eigenvalue weighted by Crippen LogP contribution is -2.49. The molecule has 1 aliphatic rings. The Labute approximate surface area is 199 Å². The number of benzene rings is 2. The summed E-state index contributed by atoms with van der Waals surface area (Å²) in [5, 5.41) is 6.61. The number of guanidine groups is 1. The molecule has 1 unspecified atom stereocenters. The number of nitrogens with zero attached hydrogens (tertiary/aromatic N) is 1. The van der Waals surface area contributed by atoms with Crippen LogP contribution in [0.25, 0.3) is 0 Å². The van der Waals surface area contributed by atoms with Gasteiger partial charge in [0.1, 0.15) is 11.9 Å². The van der Waals surface area contributed by atoms with Gasteiger partial charge in [0.05, 0.1) is 6.54 Å². The molecule has 8 heteroatoms. The summed E-state index contributed by atoms with van der Waals surface area (Å²) in [6.07, 6.45) is 1.43. The van der Waals surface area contributed by atoms with Gasteiger partial charge in [0.15, 0.2) is 17.5 Å². The first-order valence-corrected chi connectivity index (χ1v) is 10.2. The highest BCUT2D eigenvalue weighted by molar-refractivity contribution is 14.0. The zero-order valence-corrected chi connectivity index (χ0v) is 20.2. The second kappa shape index (κ2) is 12.2. The van der Waals surface area contributed by atoms with Gasteiger partial charge in [0.2, 0.25) is 0 Å². The second-order valence-corrected chi connectivity index (χ2v) is 7.57. The van der Waals surface area contributed by atoms with Gasteiger partial charge in [-0.15, -0.1) is 24.0 Å². The van der Waals surface area contributed by atoms with Crippen molar-refractivity contribution in [2.24, 2.45) is 4.99 Å². The zero-order valence-electron chi connectivity index (χ0n) is 17.9. The first kappa shape index (κ1) is 25.3. The van der Waals surface area contributed by atoms with Crippen LogP contribution < -0.4 is 15.4 Å². The fourth-order valence-corrected chi connectivity index (χ4v) is 3.65. The van der Waals surface area contributed by atoms with Crippen molar-refractivity contribution in [2.75, 3.05) is 33.4 Å². The summed E-state index contributed by atoms with van der Waals surface area (Å²) in [7, 11) is 1.70. The minimum Gasteiger partial charge on any atom is -0.486 e. The highest BCUT2D eigenvalue weighted by atomic mass is 127. The molecule has 0 spiro atoms. The normalized spacial score (nSPS) is 16.7. The predicted molar refractivity (Wildman–Crippen MR) is 129 cm³/mol. The maximum absolute atomic E-state index is 13.8. The lowest BCUT2D eigenvalue weighted by atomic mass is 9.74. The summed E-state index contributed by atoms with van der Waals surface area (Å²) >= 11 is 0. The van der Waals surface area contributed by atoms with Crippen LogP contribution in [0.1, 0.15) is 25.3 Å². The average Bonchev–Trinajstić information content (AvgIpc) is 2.76. The topological polar surface area (TPSA) is 54.9 Å². The average molecular weight is 545 g/mol. The number of aliphatic imine (C=N–C) groups is 1. The molecule has 170 valence electrons. The molecule has 3 rings (SSSR count). The first-order valence-electron chi connectivity index (χ1n) is 10.2. The van der Waals surface area contributed by atoms with Gasteiger partial charge in [-0.05, 0) is 49.6 Å². The van der Waals surface area contributed by atoms with Crippen molar-refractivity contribution in [1.82, 2.24) is 10.6 Å². The molecule has 0 radical (unpaired) electrons. The smallest absolute Gasteiger partial charge is 0.191 e. The molecule has 0 bridgehead atoms. The number of hydrogen-bond donors (Lipinski definition) is 2. The van der Waals surface area contributed by atoms with E-state index in [1.807, 2.05) is 19.1 Å². The molecule has 1 fully saturated rings. The lowest BCUT2D eigenvalue weighted by Gasteiger charge is -2.38. The highest BCUT2D eigenvalue weighted by Gasteiger charge is 2.34. The van der Waals surface area contributed by atoms with E-state index in [2.05, 4.69) is 15.6 Å². The predicted octanol–water partition coefficient (Wildman–Crippen LogP) is 4.26. The van der Waals surface area contributed by atoms with Gasteiger partial charge in [0.25, 0.3) is 0 Å². The number of ether oxygens (including phenoxy) is 2. The highest BCUT2D eigenvalue weighted by Crippen LogP contribution is 2.34. The molecule has 1 saturated heterocycles. The van der Waals surface area contributed by atoms with Crippen molar-refractivity contribution in [3.05, 3.63) is 65.7 Å². The molecule has 0 amide bonds. The summed E-state index contributed by atoms with van der Waals surface area (Å²) in [5.74, 6) is 0.238. The molecular formula is C23H30F2IN3O2. The van der Waals surface area contributed by atoms with Crippen LogP contribution >= 0.6 is 24.0 Å². The van der Waals surface area contributed by atoms with Crippen molar-refractivity contribution in [1.29, 1.82) is 0 Å². The van der Waals surface area contributed by atoms with Crippen molar-refractivity contribution >= 4 is 29.9 Å². The van der Waals surface area contributed by atoms with Crippen LogP contribution in [0.2, 0.25) is 0 Å². The van der Waals surface area contributed by atoms with E-state index in [1.54, 1.807) is 25.2 Å². The molecule has 0 aromatic heterocycles. The molecule has 5 nitrogen and oxygen atoms in total. The van der Waals surface area contributed by atoms with Gasteiger partial charge in [-0.3, -0.25) is 4.99 Å². The summed E-state index contributed by atoms with van der Waals surface area (Å²) in [4.78, 5) is 4.28. The quantitative estimate of drug-likeness (QED) is 0.310. The lowest BCUT2D eigenvalue weighted by molar-refractivity contribution is 0.0513. The monoisotopic (exact) mass is 545 g/mol. The largest absolute Gasteiger partial charge is 0.486 e. The van der Waals surface area contributed by atoms with Crippen LogP contribution in [0.5, 0.6) is 5.75 Å². The van der Waals surface area contributed by atoms with E-state index in [0.717, 1.165) is 18.4 Å². The van der Waals surface area contributed by atoms with Crippen molar-refractivity contribution in [2.45, 2.75) is 31.3 Å². The van der Waals surface area contributed by atoms with E-state index < -0.39 is 0 Å². The number of nitrogens with one attached hydrogen (secondary N) is 2. The Hall–Kier alpha value is -1.94. The van der Waals surface area contributed by atoms with Crippen LogP contribution in [-0.2, 0) is 10.2 Å². The molecule has 2 aromatic carbocycles. The van der Waals surface area contributed by atoms with E-state index in [9.17, 15) is 8.78 Å². The fraction of sp³-hybridized carbons (Fsp3) is 0.435. The van der Waals surface area contributed by atoms with Crippen molar-refractivity contribution < 1.29 is 18.3 Å². The Kier molecular flexibility index (Phi) is 9.95. The third kappa shape index (κ3) is 7.03. The molecular weight excluding hydrogens is 515 g/mol. The summed E-state index contributed by atoms with van der Waals surface area (Å²) < 4.78 is 38.4. The van der Waals surface area contributed by atoms with Crippen LogP contribution in [0.15, 0.2) is 53.5 Å². The Morgan fingerprint density at radius 3 is 2.42 bits per heavy atom. The number of hydrogen-bond acceptors (Lipinski definition) is 3. The maximum Gasteiger partial charge on any atom is 0.191 e. The Bertz CT molecular complexity index is 843. The van der Waals surface area contributed by atoms with Crippen molar-refractivity contribution in [3.8, 4) is 5.75 Å². The van der Waals surface area contributed by atoms with Gasteiger partial charge < -0.3 is 20.1 Å². The van der Waals surface area contributed by atoms with Gasteiger partial charge in [0, 0.05) is 32.2 Å². The van der Waals surface area contributed by atoms with E-state index in [0.29, 0.717) is 32.3 Å². The number of halogens is 3. The number of rotatable bonds is 7. The van der Waals surface area contributed by atoms with E-state index in [-0.39, 0.29) is 52.9 Å². The molecule has 1 atom stereocenters. The van der Waals surface area contributed by atoms with Crippen molar-refractivity contribution in [3.63, 3.8) is 0 Å². The summed E-state index contributed by atoms with van der Waals surface area (Å²) in [6.45, 7) is 4.30. The number of para-hydroxylation sites is 1. The van der Waals surface area contributed by atoms with E-state index >= 15 is 0 Å². The Morgan fingerprint density at radius 1 is 1.10 bits per heavy atom. The molecule has 2 N–H and O–H groups in total. The molecule has 1 aliphatic heterocycles. The molecule has 2 aromatic rings. The van der Waals surface area contributed by atoms with Crippen LogP contribution in [0.4, 0.5) is 8.78 Å². The fourth-order valence-electron chi connectivity index (χ4n) is 3.65. The van der Waals surface area contributed by atoms with Gasteiger partial charge in [-0.25, -0.2) is 8.78 Å².